The lowest BCUT2D eigenvalue weighted by Crippen LogP contribution is -2.47. The van der Waals surface area contributed by atoms with Gasteiger partial charge >= 0.3 is 0 Å². The molecule has 0 aromatic carbocycles. The van der Waals surface area contributed by atoms with Gasteiger partial charge in [-0.3, -0.25) is 0 Å². The lowest BCUT2D eigenvalue weighted by Gasteiger charge is -2.43. The average Bonchev–Trinajstić information content (AvgIpc) is 1.77. The highest BCUT2D eigenvalue weighted by Crippen LogP contribution is 2.39. The molecule has 1 N–H and O–H groups in total. The van der Waals surface area contributed by atoms with Gasteiger partial charge in [0.2, 0.25) is 0 Å². The minimum atomic E-state index is -0.925. The van der Waals surface area contributed by atoms with Crippen LogP contribution in [0, 0.1) is 5.41 Å². The highest BCUT2D eigenvalue weighted by atomic mass is 16.6. The first-order valence-corrected chi connectivity index (χ1v) is 3.82. The first-order chi connectivity index (χ1) is 4.46. The third-order valence-electron chi connectivity index (χ3n) is 2.58. The van der Waals surface area contributed by atoms with Crippen molar-refractivity contribution < 1.29 is 9.84 Å². The maximum atomic E-state index is 9.68. The fourth-order valence-electron chi connectivity index (χ4n) is 1.21. The van der Waals surface area contributed by atoms with E-state index in [9.17, 15) is 5.11 Å². The van der Waals surface area contributed by atoms with E-state index in [0.717, 1.165) is 12.8 Å². The summed E-state index contributed by atoms with van der Waals surface area (Å²) >= 11 is 0. The van der Waals surface area contributed by atoms with Crippen molar-refractivity contribution in [3.8, 4) is 0 Å². The van der Waals surface area contributed by atoms with Crippen molar-refractivity contribution in [1.82, 2.24) is 0 Å². The van der Waals surface area contributed by atoms with Crippen LogP contribution in [0.15, 0.2) is 0 Å². The zero-order valence-electron chi connectivity index (χ0n) is 6.98. The second-order valence-corrected chi connectivity index (χ2v) is 3.82. The minimum Gasteiger partial charge on any atom is -0.365 e. The van der Waals surface area contributed by atoms with E-state index in [1.165, 1.54) is 0 Å². The molecule has 1 fully saturated rings. The van der Waals surface area contributed by atoms with Crippen molar-refractivity contribution in [2.75, 3.05) is 6.61 Å². The predicted octanol–water partition coefficient (Wildman–Crippen LogP) is 1.53. The summed E-state index contributed by atoms with van der Waals surface area (Å²) in [7, 11) is 0. The summed E-state index contributed by atoms with van der Waals surface area (Å²) in [6.45, 7) is 6.50. The Morgan fingerprint density at radius 3 is 2.20 bits per heavy atom. The van der Waals surface area contributed by atoms with E-state index in [4.69, 9.17) is 4.74 Å². The van der Waals surface area contributed by atoms with E-state index >= 15 is 0 Å². The third kappa shape index (κ3) is 1.18. The lowest BCUT2D eigenvalue weighted by molar-refractivity contribution is -0.275. The Labute approximate surface area is 62.2 Å². The normalized spacial score (nSPS) is 39.6. The SMILES string of the molecule is CC1(C)CCCOC1(C)O. The average molecular weight is 144 g/mol. The second-order valence-electron chi connectivity index (χ2n) is 3.82. The monoisotopic (exact) mass is 144 g/mol. The standard InChI is InChI=1S/C8H16O2/c1-7(2)5-4-6-10-8(7,3)9/h9H,4-6H2,1-3H3. The van der Waals surface area contributed by atoms with Gasteiger partial charge < -0.3 is 9.84 Å². The molecule has 2 heteroatoms. The van der Waals surface area contributed by atoms with Gasteiger partial charge in [-0.2, -0.15) is 0 Å². The second kappa shape index (κ2) is 2.21. The van der Waals surface area contributed by atoms with E-state index < -0.39 is 5.79 Å². The molecule has 0 spiro atoms. The molecule has 0 bridgehead atoms. The Morgan fingerprint density at radius 1 is 1.30 bits per heavy atom. The summed E-state index contributed by atoms with van der Waals surface area (Å²) in [5, 5.41) is 9.68. The van der Waals surface area contributed by atoms with Crippen LogP contribution < -0.4 is 0 Å². The van der Waals surface area contributed by atoms with E-state index in [0.29, 0.717) is 6.61 Å². The van der Waals surface area contributed by atoms with Gasteiger partial charge in [-0.05, 0) is 19.8 Å². The van der Waals surface area contributed by atoms with Crippen molar-refractivity contribution in [2.45, 2.75) is 39.4 Å². The summed E-state index contributed by atoms with van der Waals surface area (Å²) in [4.78, 5) is 0. The predicted molar refractivity (Wildman–Crippen MR) is 39.6 cm³/mol. The topological polar surface area (TPSA) is 29.5 Å². The van der Waals surface area contributed by atoms with E-state index in [-0.39, 0.29) is 5.41 Å². The van der Waals surface area contributed by atoms with Crippen LogP contribution in [0.5, 0.6) is 0 Å². The fourth-order valence-corrected chi connectivity index (χ4v) is 1.21. The van der Waals surface area contributed by atoms with Crippen molar-refractivity contribution in [3.63, 3.8) is 0 Å². The van der Waals surface area contributed by atoms with Gasteiger partial charge in [0.25, 0.3) is 0 Å². The van der Waals surface area contributed by atoms with Crippen molar-refractivity contribution in [2.24, 2.45) is 5.41 Å². The third-order valence-corrected chi connectivity index (χ3v) is 2.58. The van der Waals surface area contributed by atoms with Crippen LogP contribution >= 0.6 is 0 Å². The molecule has 0 radical (unpaired) electrons. The van der Waals surface area contributed by atoms with Gasteiger partial charge in [0.1, 0.15) is 0 Å². The molecule has 2 nitrogen and oxygen atoms in total. The van der Waals surface area contributed by atoms with Gasteiger partial charge in [-0.25, -0.2) is 0 Å². The molecule has 1 heterocycles. The van der Waals surface area contributed by atoms with Crippen LogP contribution in [0.2, 0.25) is 0 Å². The largest absolute Gasteiger partial charge is 0.365 e. The van der Waals surface area contributed by atoms with Gasteiger partial charge in [-0.1, -0.05) is 13.8 Å². The molecule has 0 aliphatic carbocycles. The molecule has 0 saturated carbocycles. The molecular formula is C8H16O2. The quantitative estimate of drug-likeness (QED) is 0.558. The molecule has 1 aliphatic rings. The maximum Gasteiger partial charge on any atom is 0.167 e. The first kappa shape index (κ1) is 8.02. The zero-order chi connectivity index (χ0) is 7.83. The Balaban J connectivity index is 2.70. The van der Waals surface area contributed by atoms with Crippen molar-refractivity contribution >= 4 is 0 Å². The van der Waals surface area contributed by atoms with Crippen LogP contribution in [-0.4, -0.2) is 17.5 Å². The van der Waals surface area contributed by atoms with Crippen LogP contribution in [0.25, 0.3) is 0 Å². The molecule has 1 unspecified atom stereocenters. The molecule has 1 atom stereocenters. The maximum absolute atomic E-state index is 9.68. The van der Waals surface area contributed by atoms with Crippen LogP contribution in [0.1, 0.15) is 33.6 Å². The van der Waals surface area contributed by atoms with Gasteiger partial charge in [-0.15, -0.1) is 0 Å². The van der Waals surface area contributed by atoms with Crippen molar-refractivity contribution in [1.29, 1.82) is 0 Å². The summed E-state index contributed by atoms with van der Waals surface area (Å²) in [5.41, 5.74) is -0.0920. The zero-order valence-corrected chi connectivity index (χ0v) is 6.98. The molecule has 10 heavy (non-hydrogen) atoms. The summed E-state index contributed by atoms with van der Waals surface area (Å²) in [5.74, 6) is -0.925. The summed E-state index contributed by atoms with van der Waals surface area (Å²) in [6, 6.07) is 0. The smallest absolute Gasteiger partial charge is 0.167 e. The molecule has 0 aromatic rings. The van der Waals surface area contributed by atoms with Crippen LogP contribution in [-0.2, 0) is 4.74 Å². The molecule has 0 amide bonds. The van der Waals surface area contributed by atoms with E-state index in [1.807, 2.05) is 13.8 Å². The number of ether oxygens (including phenoxy) is 1. The number of hydrogen-bond donors (Lipinski definition) is 1. The number of aliphatic hydroxyl groups is 1. The lowest BCUT2D eigenvalue weighted by atomic mass is 9.78. The molecule has 1 saturated heterocycles. The Morgan fingerprint density at radius 2 is 1.90 bits per heavy atom. The molecular weight excluding hydrogens is 128 g/mol. The van der Waals surface area contributed by atoms with Gasteiger partial charge in [0, 0.05) is 5.41 Å². The van der Waals surface area contributed by atoms with Gasteiger partial charge in [0.05, 0.1) is 6.61 Å². The Bertz CT molecular complexity index is 111. The van der Waals surface area contributed by atoms with Crippen LogP contribution in [0.4, 0.5) is 0 Å². The fraction of sp³-hybridized carbons (Fsp3) is 1.00. The number of hydrogen-bond acceptors (Lipinski definition) is 2. The van der Waals surface area contributed by atoms with Crippen LogP contribution in [0.3, 0.4) is 0 Å². The summed E-state index contributed by atoms with van der Waals surface area (Å²) < 4.78 is 5.24. The number of rotatable bonds is 0. The molecule has 60 valence electrons. The Kier molecular flexibility index (Phi) is 1.77. The Hall–Kier alpha value is -0.0800. The molecule has 0 aromatic heterocycles. The highest BCUT2D eigenvalue weighted by molar-refractivity contribution is 4.84. The summed E-state index contributed by atoms with van der Waals surface area (Å²) in [6.07, 6.45) is 2.10. The first-order valence-electron chi connectivity index (χ1n) is 3.82. The van der Waals surface area contributed by atoms with Crippen molar-refractivity contribution in [3.05, 3.63) is 0 Å². The highest BCUT2D eigenvalue weighted by Gasteiger charge is 2.42. The van der Waals surface area contributed by atoms with E-state index in [1.54, 1.807) is 6.92 Å². The molecule has 1 aliphatic heterocycles. The molecule has 1 rings (SSSR count). The van der Waals surface area contributed by atoms with E-state index in [2.05, 4.69) is 0 Å². The minimum absolute atomic E-state index is 0.0920. The van der Waals surface area contributed by atoms with Gasteiger partial charge in [0.15, 0.2) is 5.79 Å².